The van der Waals surface area contributed by atoms with Gasteiger partial charge in [0.2, 0.25) is 0 Å². The Labute approximate surface area is 119 Å². The molecule has 1 aliphatic heterocycles. The summed E-state index contributed by atoms with van der Waals surface area (Å²) in [5, 5.41) is 10.1. The Kier molecular flexibility index (Phi) is 3.49. The van der Waals surface area contributed by atoms with Gasteiger partial charge in [0.25, 0.3) is 0 Å². The summed E-state index contributed by atoms with van der Waals surface area (Å²) in [5.41, 5.74) is 3.39. The van der Waals surface area contributed by atoms with E-state index in [9.17, 15) is 5.11 Å². The molecular weight excluding hydrogens is 250 g/mol. The van der Waals surface area contributed by atoms with E-state index in [2.05, 4.69) is 34.4 Å². The molecule has 0 saturated carbocycles. The second-order valence-electron chi connectivity index (χ2n) is 5.67. The number of hydrogen-bond acceptors (Lipinski definition) is 3. The molecule has 1 atom stereocenters. The average Bonchev–Trinajstić information content (AvgIpc) is 2.91. The van der Waals surface area contributed by atoms with Crippen LogP contribution < -0.4 is 4.90 Å². The van der Waals surface area contributed by atoms with Gasteiger partial charge < -0.3 is 14.6 Å². The molecule has 20 heavy (non-hydrogen) atoms. The van der Waals surface area contributed by atoms with Crippen molar-refractivity contribution in [2.24, 2.45) is 0 Å². The lowest BCUT2D eigenvalue weighted by Gasteiger charge is -2.34. The summed E-state index contributed by atoms with van der Waals surface area (Å²) in [6.07, 6.45) is 4.28. The van der Waals surface area contributed by atoms with Crippen molar-refractivity contribution in [2.45, 2.75) is 39.0 Å². The third-order valence-electron chi connectivity index (χ3n) is 3.96. The maximum Gasteiger partial charge on any atom is 0.0951 e. The first kappa shape index (κ1) is 13.2. The van der Waals surface area contributed by atoms with Crippen LogP contribution in [0.25, 0.3) is 0 Å². The molecule has 106 valence electrons. The van der Waals surface area contributed by atoms with E-state index in [1.165, 1.54) is 5.69 Å². The predicted molar refractivity (Wildman–Crippen MR) is 79.7 cm³/mol. The molecule has 0 fully saturated rings. The number of aliphatic hydroxyl groups is 1. The molecule has 1 aromatic carbocycles. The maximum atomic E-state index is 10.1. The van der Waals surface area contributed by atoms with E-state index in [1.807, 2.05) is 30.7 Å². The van der Waals surface area contributed by atoms with Crippen LogP contribution in [0, 0.1) is 0 Å². The highest BCUT2D eigenvalue weighted by Gasteiger charge is 2.23. The van der Waals surface area contributed by atoms with E-state index in [0.29, 0.717) is 6.04 Å². The molecule has 0 spiro atoms. The van der Waals surface area contributed by atoms with Crippen molar-refractivity contribution in [3.05, 3.63) is 48.0 Å². The third kappa shape index (κ3) is 2.31. The summed E-state index contributed by atoms with van der Waals surface area (Å²) in [7, 11) is 0. The van der Waals surface area contributed by atoms with Crippen LogP contribution in [0.3, 0.4) is 0 Å². The molecule has 3 rings (SSSR count). The zero-order valence-electron chi connectivity index (χ0n) is 12.0. The second kappa shape index (κ2) is 5.29. The number of hydrogen-bond donors (Lipinski definition) is 1. The Morgan fingerprint density at radius 2 is 2.15 bits per heavy atom. The average molecular weight is 271 g/mol. The quantitative estimate of drug-likeness (QED) is 0.933. The van der Waals surface area contributed by atoms with Crippen molar-refractivity contribution in [1.29, 1.82) is 0 Å². The Hall–Kier alpha value is -1.81. The van der Waals surface area contributed by atoms with Crippen LogP contribution in [0.4, 0.5) is 5.69 Å². The van der Waals surface area contributed by atoms with E-state index in [-0.39, 0.29) is 6.10 Å². The van der Waals surface area contributed by atoms with Crippen molar-refractivity contribution in [3.8, 4) is 0 Å². The number of nitrogens with zero attached hydrogens (tertiary/aromatic N) is 3. The van der Waals surface area contributed by atoms with Gasteiger partial charge in [-0.15, -0.1) is 0 Å². The van der Waals surface area contributed by atoms with Crippen LogP contribution in [0.15, 0.2) is 36.8 Å². The zero-order valence-corrected chi connectivity index (χ0v) is 12.0. The number of aromatic nitrogens is 2. The Balaban J connectivity index is 1.89. The Morgan fingerprint density at radius 3 is 2.95 bits per heavy atom. The largest absolute Gasteiger partial charge is 0.388 e. The topological polar surface area (TPSA) is 41.3 Å². The van der Waals surface area contributed by atoms with Gasteiger partial charge in [-0.05, 0) is 26.3 Å². The van der Waals surface area contributed by atoms with E-state index >= 15 is 0 Å². The smallest absolute Gasteiger partial charge is 0.0951 e. The number of para-hydroxylation sites is 1. The molecule has 4 nitrogen and oxygen atoms in total. The number of anilines is 1. The van der Waals surface area contributed by atoms with Gasteiger partial charge in [0, 0.05) is 30.0 Å². The summed E-state index contributed by atoms with van der Waals surface area (Å²) in [5.74, 6) is 0. The van der Waals surface area contributed by atoms with Crippen molar-refractivity contribution in [1.82, 2.24) is 9.55 Å². The van der Waals surface area contributed by atoms with E-state index < -0.39 is 0 Å². The summed E-state index contributed by atoms with van der Waals surface area (Å²) in [6.45, 7) is 6.04. The van der Waals surface area contributed by atoms with Gasteiger partial charge in [0.05, 0.1) is 24.7 Å². The minimum atomic E-state index is -0.336. The lowest BCUT2D eigenvalue weighted by molar-refractivity contribution is 0.164. The van der Waals surface area contributed by atoms with E-state index in [4.69, 9.17) is 0 Å². The number of rotatable bonds is 3. The fourth-order valence-corrected chi connectivity index (χ4v) is 2.89. The van der Waals surface area contributed by atoms with Crippen LogP contribution in [0.2, 0.25) is 0 Å². The Morgan fingerprint density at radius 1 is 1.35 bits per heavy atom. The van der Waals surface area contributed by atoms with Gasteiger partial charge in [0.15, 0.2) is 0 Å². The van der Waals surface area contributed by atoms with Crippen LogP contribution >= 0.6 is 0 Å². The standard InChI is InChI=1S/C16H21N3O/c1-12(2)19-11-17-9-13(19)10-18-8-7-16(20)14-5-3-4-6-15(14)18/h3-6,9,11-12,16,20H,7-8,10H2,1-2H3. The van der Waals surface area contributed by atoms with Crippen molar-refractivity contribution in [2.75, 3.05) is 11.4 Å². The Bertz CT molecular complexity index is 591. The van der Waals surface area contributed by atoms with Gasteiger partial charge in [-0.3, -0.25) is 0 Å². The maximum absolute atomic E-state index is 10.1. The van der Waals surface area contributed by atoms with Crippen molar-refractivity contribution >= 4 is 5.69 Å². The molecule has 0 amide bonds. The van der Waals surface area contributed by atoms with Crippen LogP contribution in [0.5, 0.6) is 0 Å². The van der Waals surface area contributed by atoms with E-state index in [1.54, 1.807) is 0 Å². The van der Waals surface area contributed by atoms with Crippen LogP contribution in [-0.2, 0) is 6.54 Å². The molecular formula is C16H21N3O. The van der Waals surface area contributed by atoms with Crippen molar-refractivity contribution < 1.29 is 5.11 Å². The molecule has 1 N–H and O–H groups in total. The first-order valence-corrected chi connectivity index (χ1v) is 7.19. The molecule has 2 aromatic rings. The highest BCUT2D eigenvalue weighted by Crippen LogP contribution is 2.34. The first-order chi connectivity index (χ1) is 9.66. The number of imidazole rings is 1. The monoisotopic (exact) mass is 271 g/mol. The first-order valence-electron chi connectivity index (χ1n) is 7.19. The number of fused-ring (bicyclic) bond motifs is 1. The molecule has 2 heterocycles. The normalized spacial score (nSPS) is 18.4. The van der Waals surface area contributed by atoms with Crippen LogP contribution in [-0.4, -0.2) is 21.2 Å². The molecule has 1 aromatic heterocycles. The van der Waals surface area contributed by atoms with Gasteiger partial charge >= 0.3 is 0 Å². The van der Waals surface area contributed by atoms with Crippen LogP contribution in [0.1, 0.15) is 43.7 Å². The molecule has 0 saturated heterocycles. The minimum Gasteiger partial charge on any atom is -0.388 e. The SMILES string of the molecule is CC(C)n1cncc1CN1CCC(O)c2ccccc21. The lowest BCUT2D eigenvalue weighted by atomic mass is 9.99. The molecule has 0 aliphatic carbocycles. The molecule has 1 unspecified atom stereocenters. The minimum absolute atomic E-state index is 0.336. The van der Waals surface area contributed by atoms with E-state index in [0.717, 1.165) is 30.8 Å². The fraction of sp³-hybridized carbons (Fsp3) is 0.438. The zero-order chi connectivity index (χ0) is 14.1. The van der Waals surface area contributed by atoms with Gasteiger partial charge in [-0.2, -0.15) is 0 Å². The fourth-order valence-electron chi connectivity index (χ4n) is 2.89. The van der Waals surface area contributed by atoms with Gasteiger partial charge in [0.1, 0.15) is 0 Å². The number of benzene rings is 1. The summed E-state index contributed by atoms with van der Waals surface area (Å²) >= 11 is 0. The predicted octanol–water partition coefficient (Wildman–Crippen LogP) is 2.91. The lowest BCUT2D eigenvalue weighted by Crippen LogP contribution is -2.31. The summed E-state index contributed by atoms with van der Waals surface area (Å²) < 4.78 is 2.20. The van der Waals surface area contributed by atoms with Gasteiger partial charge in [-0.25, -0.2) is 4.98 Å². The summed E-state index contributed by atoms with van der Waals surface area (Å²) in [6, 6.07) is 8.55. The van der Waals surface area contributed by atoms with Crippen molar-refractivity contribution in [3.63, 3.8) is 0 Å². The number of aliphatic hydroxyl groups excluding tert-OH is 1. The molecule has 0 bridgehead atoms. The summed E-state index contributed by atoms with van der Waals surface area (Å²) in [4.78, 5) is 6.60. The molecule has 4 heteroatoms. The molecule has 0 radical (unpaired) electrons. The highest BCUT2D eigenvalue weighted by atomic mass is 16.3. The van der Waals surface area contributed by atoms with Gasteiger partial charge in [-0.1, -0.05) is 18.2 Å². The third-order valence-corrected chi connectivity index (χ3v) is 3.96. The highest BCUT2D eigenvalue weighted by molar-refractivity contribution is 5.56. The molecule has 1 aliphatic rings. The second-order valence-corrected chi connectivity index (χ2v) is 5.67.